The summed E-state index contributed by atoms with van der Waals surface area (Å²) in [6.07, 6.45) is -4.53. The molecule has 5 nitrogen and oxygen atoms in total. The van der Waals surface area contributed by atoms with Crippen LogP contribution in [-0.4, -0.2) is 20.1 Å². The number of hydrogen-bond acceptors (Lipinski definition) is 3. The van der Waals surface area contributed by atoms with Crippen LogP contribution in [0.25, 0.3) is 0 Å². The molecule has 0 heterocycles. The summed E-state index contributed by atoms with van der Waals surface area (Å²) in [4.78, 5) is 12.1. The van der Waals surface area contributed by atoms with Crippen LogP contribution in [0, 0.1) is 0 Å². The molecule has 0 saturated heterocycles. The first kappa shape index (κ1) is 18.8. The van der Waals surface area contributed by atoms with Gasteiger partial charge < -0.3 is 5.32 Å². The lowest BCUT2D eigenvalue weighted by molar-refractivity contribution is -0.137. The number of carbonyl (C=O) groups is 1. The van der Waals surface area contributed by atoms with Crippen molar-refractivity contribution in [2.24, 2.45) is 0 Å². The number of nitrogens with one attached hydrogen (secondary N) is 2. The minimum atomic E-state index is -4.53. The molecule has 1 amide bonds. The van der Waals surface area contributed by atoms with Crippen molar-refractivity contribution in [3.63, 3.8) is 0 Å². The predicted octanol–water partition coefficient (Wildman–Crippen LogP) is 3.72. The zero-order valence-corrected chi connectivity index (χ0v) is 13.9. The van der Waals surface area contributed by atoms with E-state index >= 15 is 0 Å². The lowest BCUT2D eigenvalue weighted by atomic mass is 10.1. The first-order valence-corrected chi connectivity index (χ1v) is 8.85. The van der Waals surface area contributed by atoms with Gasteiger partial charge in [0.25, 0.3) is 5.91 Å². The van der Waals surface area contributed by atoms with E-state index in [4.69, 9.17) is 0 Å². The number of amides is 1. The lowest BCUT2D eigenvalue weighted by Gasteiger charge is -2.10. The van der Waals surface area contributed by atoms with Crippen LogP contribution in [0.15, 0.2) is 48.5 Å². The molecule has 134 valence electrons. The fraction of sp³-hybridized carbons (Fsp3) is 0.188. The van der Waals surface area contributed by atoms with Gasteiger partial charge in [0.2, 0.25) is 10.0 Å². The summed E-state index contributed by atoms with van der Waals surface area (Å²) in [7, 11) is -3.41. The second kappa shape index (κ2) is 7.14. The Morgan fingerprint density at radius 1 is 1.04 bits per heavy atom. The zero-order valence-electron chi connectivity index (χ0n) is 13.1. The second-order valence-electron chi connectivity index (χ2n) is 5.12. The van der Waals surface area contributed by atoms with Crippen molar-refractivity contribution in [1.82, 2.24) is 0 Å². The first-order valence-electron chi connectivity index (χ1n) is 7.20. The van der Waals surface area contributed by atoms with Crippen LogP contribution < -0.4 is 10.0 Å². The molecule has 2 aromatic rings. The van der Waals surface area contributed by atoms with E-state index < -0.39 is 27.7 Å². The molecule has 0 radical (unpaired) electrons. The van der Waals surface area contributed by atoms with Gasteiger partial charge in [-0.05, 0) is 49.4 Å². The summed E-state index contributed by atoms with van der Waals surface area (Å²) in [6, 6.07) is 9.83. The topological polar surface area (TPSA) is 75.3 Å². The maximum absolute atomic E-state index is 12.7. The zero-order chi connectivity index (χ0) is 18.7. The van der Waals surface area contributed by atoms with Gasteiger partial charge in [0, 0.05) is 16.9 Å². The van der Waals surface area contributed by atoms with Crippen LogP contribution in [-0.2, 0) is 16.2 Å². The highest BCUT2D eigenvalue weighted by Crippen LogP contribution is 2.29. The van der Waals surface area contributed by atoms with Crippen LogP contribution >= 0.6 is 0 Å². The average molecular weight is 372 g/mol. The van der Waals surface area contributed by atoms with Crippen LogP contribution in [0.4, 0.5) is 24.5 Å². The van der Waals surface area contributed by atoms with Gasteiger partial charge in [0.05, 0.1) is 11.3 Å². The van der Waals surface area contributed by atoms with Crippen molar-refractivity contribution in [2.45, 2.75) is 13.1 Å². The van der Waals surface area contributed by atoms with Gasteiger partial charge in [0.1, 0.15) is 0 Å². The number of halogens is 3. The second-order valence-corrected chi connectivity index (χ2v) is 7.13. The van der Waals surface area contributed by atoms with Crippen molar-refractivity contribution < 1.29 is 26.4 Å². The number of sulfonamides is 1. The smallest absolute Gasteiger partial charge is 0.322 e. The quantitative estimate of drug-likeness (QED) is 0.840. The maximum atomic E-state index is 12.7. The van der Waals surface area contributed by atoms with Crippen LogP contribution in [0.2, 0.25) is 0 Å². The Bertz CT molecular complexity index is 863. The Kier molecular flexibility index (Phi) is 5.36. The Balaban J connectivity index is 2.11. The number of alkyl halides is 3. The molecule has 0 aliphatic heterocycles. The summed E-state index contributed by atoms with van der Waals surface area (Å²) in [5, 5.41) is 2.46. The van der Waals surface area contributed by atoms with Gasteiger partial charge in [-0.25, -0.2) is 8.42 Å². The highest BCUT2D eigenvalue weighted by molar-refractivity contribution is 7.92. The molecular weight excluding hydrogens is 357 g/mol. The van der Waals surface area contributed by atoms with Crippen LogP contribution in [0.3, 0.4) is 0 Å². The highest BCUT2D eigenvalue weighted by atomic mass is 32.2. The van der Waals surface area contributed by atoms with Gasteiger partial charge in [0.15, 0.2) is 0 Å². The van der Waals surface area contributed by atoms with Crippen molar-refractivity contribution in [2.75, 3.05) is 15.8 Å². The predicted molar refractivity (Wildman–Crippen MR) is 88.9 cm³/mol. The Morgan fingerprint density at radius 3 is 2.20 bits per heavy atom. The molecule has 9 heteroatoms. The Hall–Kier alpha value is -2.55. The monoisotopic (exact) mass is 372 g/mol. The summed E-state index contributed by atoms with van der Waals surface area (Å²) < 4.78 is 63.3. The van der Waals surface area contributed by atoms with E-state index in [1.807, 2.05) is 0 Å². The summed E-state index contributed by atoms with van der Waals surface area (Å²) in [6.45, 7) is 1.49. The molecule has 0 fully saturated rings. The van der Waals surface area contributed by atoms with Gasteiger partial charge >= 0.3 is 6.18 Å². The van der Waals surface area contributed by atoms with E-state index in [-0.39, 0.29) is 11.3 Å². The average Bonchev–Trinajstić information content (AvgIpc) is 2.56. The molecule has 25 heavy (non-hydrogen) atoms. The van der Waals surface area contributed by atoms with E-state index in [2.05, 4.69) is 10.0 Å². The van der Waals surface area contributed by atoms with E-state index in [1.165, 1.54) is 37.3 Å². The summed E-state index contributed by atoms with van der Waals surface area (Å²) >= 11 is 0. The van der Waals surface area contributed by atoms with Crippen molar-refractivity contribution in [1.29, 1.82) is 0 Å². The minimum absolute atomic E-state index is 0.0823. The molecule has 0 aliphatic rings. The largest absolute Gasteiger partial charge is 0.416 e. The Morgan fingerprint density at radius 2 is 1.64 bits per heavy atom. The van der Waals surface area contributed by atoms with Crippen molar-refractivity contribution in [3.8, 4) is 0 Å². The third-order valence-corrected chi connectivity index (χ3v) is 4.56. The lowest BCUT2D eigenvalue weighted by Crippen LogP contribution is -2.15. The SMILES string of the molecule is CCS(=O)(=O)Nc1ccc(NC(=O)c2cccc(C(F)(F)F)c2)cc1. The van der Waals surface area contributed by atoms with Crippen molar-refractivity contribution in [3.05, 3.63) is 59.7 Å². The van der Waals surface area contributed by atoms with Gasteiger partial charge in [-0.15, -0.1) is 0 Å². The maximum Gasteiger partial charge on any atom is 0.416 e. The van der Waals surface area contributed by atoms with Crippen LogP contribution in [0.5, 0.6) is 0 Å². The van der Waals surface area contributed by atoms with E-state index in [1.54, 1.807) is 0 Å². The van der Waals surface area contributed by atoms with Gasteiger partial charge in [-0.1, -0.05) is 6.07 Å². The fourth-order valence-corrected chi connectivity index (χ4v) is 2.55. The number of rotatable bonds is 5. The number of anilines is 2. The van der Waals surface area contributed by atoms with E-state index in [0.29, 0.717) is 11.4 Å². The van der Waals surface area contributed by atoms with E-state index in [0.717, 1.165) is 18.2 Å². The molecule has 0 atom stereocenters. The van der Waals surface area contributed by atoms with Gasteiger partial charge in [-0.2, -0.15) is 13.2 Å². The molecule has 0 unspecified atom stereocenters. The van der Waals surface area contributed by atoms with Crippen molar-refractivity contribution >= 4 is 27.3 Å². The molecular formula is C16H15F3N2O3S. The number of benzene rings is 2. The molecule has 2 N–H and O–H groups in total. The molecule has 2 aromatic carbocycles. The number of hydrogen-bond donors (Lipinski definition) is 2. The normalized spacial score (nSPS) is 11.8. The first-order chi connectivity index (χ1) is 11.6. The van der Waals surface area contributed by atoms with E-state index in [9.17, 15) is 26.4 Å². The molecule has 0 saturated carbocycles. The van der Waals surface area contributed by atoms with Gasteiger partial charge in [-0.3, -0.25) is 9.52 Å². The molecule has 0 bridgehead atoms. The molecule has 0 aromatic heterocycles. The number of carbonyl (C=O) groups excluding carboxylic acids is 1. The fourth-order valence-electron chi connectivity index (χ4n) is 1.91. The highest BCUT2D eigenvalue weighted by Gasteiger charge is 2.30. The van der Waals surface area contributed by atoms with Crippen LogP contribution in [0.1, 0.15) is 22.8 Å². The molecule has 0 spiro atoms. The molecule has 2 rings (SSSR count). The standard InChI is InChI=1S/C16H15F3N2O3S/c1-2-25(23,24)21-14-8-6-13(7-9-14)20-15(22)11-4-3-5-12(10-11)16(17,18)19/h3-10,21H,2H2,1H3,(H,20,22). The minimum Gasteiger partial charge on any atom is -0.322 e. The Labute approximate surface area is 142 Å². The third-order valence-electron chi connectivity index (χ3n) is 3.25. The summed E-state index contributed by atoms with van der Waals surface area (Å²) in [5.41, 5.74) is -0.407. The molecule has 0 aliphatic carbocycles. The summed E-state index contributed by atoms with van der Waals surface area (Å²) in [5.74, 6) is -0.783. The third kappa shape index (κ3) is 5.21.